The number of oxazole rings is 1. The van der Waals surface area contributed by atoms with Gasteiger partial charge in [-0.05, 0) is 55.7 Å². The first kappa shape index (κ1) is 28.6. The number of carbonyl (C=O) groups excluding carboxylic acids is 2. The fourth-order valence-electron chi connectivity index (χ4n) is 4.15. The molecule has 2 aromatic rings. The largest absolute Gasteiger partial charge is 0.489 e. The Kier molecular flexibility index (Phi) is 9.60. The zero-order chi connectivity index (χ0) is 27.9. The zero-order valence-electron chi connectivity index (χ0n) is 22.5. The van der Waals surface area contributed by atoms with Crippen LogP contribution in [0.4, 0.5) is 13.6 Å². The molecule has 2 saturated carbocycles. The zero-order valence-corrected chi connectivity index (χ0v) is 22.5. The number of hydrogen-bond acceptors (Lipinski definition) is 7. The maximum atomic E-state index is 13.3. The molecule has 3 fully saturated rings. The summed E-state index contributed by atoms with van der Waals surface area (Å²) in [5.41, 5.74) is 6.37. The van der Waals surface area contributed by atoms with Crippen LogP contribution in [0.2, 0.25) is 0 Å². The average Bonchev–Trinajstić information content (AvgIpc) is 3.90. The second-order valence-corrected chi connectivity index (χ2v) is 9.70. The van der Waals surface area contributed by atoms with Crippen LogP contribution >= 0.6 is 0 Å². The van der Waals surface area contributed by atoms with Crippen molar-refractivity contribution >= 4 is 11.9 Å². The van der Waals surface area contributed by atoms with Crippen LogP contribution in [-0.2, 0) is 6.54 Å². The van der Waals surface area contributed by atoms with E-state index in [4.69, 9.17) is 14.9 Å². The minimum atomic E-state index is -2.99. The van der Waals surface area contributed by atoms with Crippen LogP contribution in [-0.4, -0.2) is 72.7 Å². The molecule has 39 heavy (non-hydrogen) atoms. The SMILES string of the molecule is CC.NCc1oc(-c2ccc(OC(F)F)c(OCC3CC3)c2)nc1C(=O)N1CCN(C(=O)NCC2CC2)CC1. The van der Waals surface area contributed by atoms with Gasteiger partial charge in [0.25, 0.3) is 5.91 Å². The first-order chi connectivity index (χ1) is 18.9. The maximum absolute atomic E-state index is 13.3. The lowest BCUT2D eigenvalue weighted by Gasteiger charge is -2.34. The van der Waals surface area contributed by atoms with E-state index in [9.17, 15) is 18.4 Å². The summed E-state index contributed by atoms with van der Waals surface area (Å²) < 4.78 is 41.8. The molecule has 3 N–H and O–H groups in total. The first-order valence-electron chi connectivity index (χ1n) is 13.6. The molecule has 0 bridgehead atoms. The summed E-state index contributed by atoms with van der Waals surface area (Å²) in [6, 6.07) is 4.29. The fourth-order valence-corrected chi connectivity index (χ4v) is 4.15. The van der Waals surface area contributed by atoms with Crippen LogP contribution in [0, 0.1) is 11.8 Å². The third kappa shape index (κ3) is 7.59. The normalized spacial score (nSPS) is 17.0. The van der Waals surface area contributed by atoms with E-state index < -0.39 is 6.61 Å². The van der Waals surface area contributed by atoms with E-state index in [-0.39, 0.29) is 47.3 Å². The number of benzene rings is 1. The topological polar surface area (TPSA) is 123 Å². The molecule has 0 spiro atoms. The van der Waals surface area contributed by atoms with E-state index in [0.717, 1.165) is 25.7 Å². The third-order valence-electron chi connectivity index (χ3n) is 6.76. The first-order valence-corrected chi connectivity index (χ1v) is 13.6. The van der Waals surface area contributed by atoms with Gasteiger partial charge in [-0.3, -0.25) is 4.79 Å². The Labute approximate surface area is 226 Å². The number of aromatic nitrogens is 1. The minimum absolute atomic E-state index is 0.0464. The van der Waals surface area contributed by atoms with E-state index in [1.54, 1.807) is 9.80 Å². The van der Waals surface area contributed by atoms with Crippen molar-refractivity contribution in [2.45, 2.75) is 52.7 Å². The lowest BCUT2D eigenvalue weighted by molar-refractivity contribution is -0.0515. The van der Waals surface area contributed by atoms with Crippen LogP contribution in [0.25, 0.3) is 11.5 Å². The number of carbonyl (C=O) groups is 2. The number of nitrogens with two attached hydrogens (primary N) is 1. The van der Waals surface area contributed by atoms with Crippen molar-refractivity contribution in [2.75, 3.05) is 39.3 Å². The molecule has 2 heterocycles. The number of rotatable bonds is 10. The van der Waals surface area contributed by atoms with E-state index in [1.807, 2.05) is 13.8 Å². The number of nitrogens with zero attached hydrogens (tertiary/aromatic N) is 3. The van der Waals surface area contributed by atoms with Gasteiger partial charge in [0.05, 0.1) is 13.2 Å². The fraction of sp³-hybridized carbons (Fsp3) is 0.593. The number of piperazine rings is 1. The average molecular weight is 550 g/mol. The van der Waals surface area contributed by atoms with Gasteiger partial charge in [-0.25, -0.2) is 9.78 Å². The van der Waals surface area contributed by atoms with Crippen LogP contribution in [0.3, 0.4) is 0 Å². The third-order valence-corrected chi connectivity index (χ3v) is 6.76. The van der Waals surface area contributed by atoms with E-state index in [1.165, 1.54) is 18.2 Å². The molecule has 1 aliphatic heterocycles. The Morgan fingerprint density at radius 3 is 2.36 bits per heavy atom. The summed E-state index contributed by atoms with van der Waals surface area (Å²) in [5, 5.41) is 2.95. The van der Waals surface area contributed by atoms with Crippen molar-refractivity contribution in [1.29, 1.82) is 0 Å². The Morgan fingerprint density at radius 2 is 1.74 bits per heavy atom. The molecular weight excluding hydrogens is 512 g/mol. The molecule has 1 aromatic heterocycles. The predicted molar refractivity (Wildman–Crippen MR) is 140 cm³/mol. The highest BCUT2D eigenvalue weighted by molar-refractivity contribution is 5.94. The van der Waals surface area contributed by atoms with Gasteiger partial charge >= 0.3 is 12.6 Å². The summed E-state index contributed by atoms with van der Waals surface area (Å²) in [5.74, 6) is 1.08. The number of nitrogens with one attached hydrogen (secondary N) is 1. The molecule has 2 aliphatic carbocycles. The van der Waals surface area contributed by atoms with Crippen LogP contribution in [0.5, 0.6) is 11.5 Å². The highest BCUT2D eigenvalue weighted by Crippen LogP contribution is 2.37. The van der Waals surface area contributed by atoms with Gasteiger partial charge in [-0.2, -0.15) is 8.78 Å². The summed E-state index contributed by atoms with van der Waals surface area (Å²) >= 11 is 0. The molecule has 1 aromatic carbocycles. The van der Waals surface area contributed by atoms with Crippen molar-refractivity contribution in [3.63, 3.8) is 0 Å². The Bertz CT molecular complexity index is 1130. The van der Waals surface area contributed by atoms with Crippen molar-refractivity contribution in [3.05, 3.63) is 29.7 Å². The standard InChI is InChI=1S/C25H31F2N5O5.C2H6/c26-24(27)37-18-6-5-17(11-19(18)35-14-16-3-4-16)22-30-21(20(12-28)36-22)23(33)31-7-9-32(10-8-31)25(34)29-13-15-1-2-15;1-2/h5-6,11,15-16,24H,1-4,7-10,12-14,28H2,(H,29,34);1-2H3. The molecule has 3 amide bonds. The van der Waals surface area contributed by atoms with Gasteiger partial charge in [0.2, 0.25) is 5.89 Å². The second kappa shape index (κ2) is 13.1. The summed E-state index contributed by atoms with van der Waals surface area (Å²) in [4.78, 5) is 33.3. The van der Waals surface area contributed by atoms with Crippen LogP contribution in [0.15, 0.2) is 22.6 Å². The van der Waals surface area contributed by atoms with Gasteiger partial charge in [-0.15, -0.1) is 0 Å². The minimum Gasteiger partial charge on any atom is -0.489 e. The summed E-state index contributed by atoms with van der Waals surface area (Å²) in [6.45, 7) is 3.61. The molecule has 5 rings (SSSR count). The monoisotopic (exact) mass is 549 g/mol. The van der Waals surface area contributed by atoms with Crippen molar-refractivity contribution in [3.8, 4) is 23.0 Å². The highest BCUT2D eigenvalue weighted by Gasteiger charge is 2.30. The molecule has 3 aliphatic rings. The lowest BCUT2D eigenvalue weighted by Crippen LogP contribution is -2.53. The number of hydrogen-bond donors (Lipinski definition) is 2. The van der Waals surface area contributed by atoms with E-state index in [0.29, 0.717) is 56.7 Å². The van der Waals surface area contributed by atoms with Crippen LogP contribution < -0.4 is 20.5 Å². The predicted octanol–water partition coefficient (Wildman–Crippen LogP) is 4.09. The number of halogens is 2. The number of alkyl halides is 2. The molecule has 10 nitrogen and oxygen atoms in total. The number of ether oxygens (including phenoxy) is 2. The smallest absolute Gasteiger partial charge is 0.387 e. The van der Waals surface area contributed by atoms with Gasteiger partial charge in [-0.1, -0.05) is 13.8 Å². The molecular formula is C27H37F2N5O5. The Hall–Kier alpha value is -3.41. The molecule has 0 atom stereocenters. The van der Waals surface area contributed by atoms with E-state index >= 15 is 0 Å². The lowest BCUT2D eigenvalue weighted by atomic mass is 10.2. The van der Waals surface area contributed by atoms with Crippen molar-refractivity contribution < 1.29 is 32.3 Å². The molecule has 0 radical (unpaired) electrons. The van der Waals surface area contributed by atoms with E-state index in [2.05, 4.69) is 15.0 Å². The number of amides is 3. The van der Waals surface area contributed by atoms with Crippen LogP contribution in [0.1, 0.15) is 55.8 Å². The second-order valence-electron chi connectivity index (χ2n) is 9.70. The highest BCUT2D eigenvalue weighted by atomic mass is 19.3. The Balaban J connectivity index is 0.00000172. The summed E-state index contributed by atoms with van der Waals surface area (Å²) in [6.07, 6.45) is 4.40. The molecule has 12 heteroatoms. The van der Waals surface area contributed by atoms with Gasteiger partial charge in [0.1, 0.15) is 0 Å². The van der Waals surface area contributed by atoms with Crippen molar-refractivity contribution in [1.82, 2.24) is 20.1 Å². The van der Waals surface area contributed by atoms with Gasteiger partial charge in [0.15, 0.2) is 23.0 Å². The van der Waals surface area contributed by atoms with Gasteiger partial charge in [0, 0.05) is 38.3 Å². The molecule has 0 unspecified atom stereocenters. The summed E-state index contributed by atoms with van der Waals surface area (Å²) in [7, 11) is 0. The maximum Gasteiger partial charge on any atom is 0.387 e. The number of urea groups is 1. The quantitative estimate of drug-likeness (QED) is 0.458. The molecule has 214 valence electrons. The Morgan fingerprint density at radius 1 is 1.08 bits per heavy atom. The van der Waals surface area contributed by atoms with Gasteiger partial charge < -0.3 is 34.7 Å². The molecule has 1 saturated heterocycles. The van der Waals surface area contributed by atoms with Crippen molar-refractivity contribution in [2.24, 2.45) is 17.6 Å².